The van der Waals surface area contributed by atoms with Crippen molar-refractivity contribution in [3.8, 4) is 0 Å². The number of nitrogens with two attached hydrogens (primary N) is 1. The minimum atomic E-state index is -3.61. The highest BCUT2D eigenvalue weighted by Crippen LogP contribution is 2.13. The monoisotopic (exact) mass is 336 g/mol. The average Bonchev–Trinajstić information content (AvgIpc) is 2.48. The average molecular weight is 336 g/mol. The molecule has 8 heteroatoms. The van der Waals surface area contributed by atoms with Crippen LogP contribution in [0.4, 0.5) is 0 Å². The van der Waals surface area contributed by atoms with Crippen LogP contribution in [0.15, 0.2) is 29.1 Å². The molecule has 0 atom stereocenters. The predicted octanol–water partition coefficient (Wildman–Crippen LogP) is 0.158. The molecule has 3 rings (SSSR count). The third-order valence-corrected chi connectivity index (χ3v) is 5.21. The van der Waals surface area contributed by atoms with Gasteiger partial charge in [0.05, 0.1) is 0 Å². The van der Waals surface area contributed by atoms with Gasteiger partial charge in [0.2, 0.25) is 0 Å². The lowest BCUT2D eigenvalue weighted by Crippen LogP contribution is -2.50. The molecule has 0 aliphatic carbocycles. The molecule has 0 spiro atoms. The Hall–Kier alpha value is -1.74. The van der Waals surface area contributed by atoms with E-state index in [2.05, 4.69) is 9.88 Å². The van der Waals surface area contributed by atoms with Crippen LogP contribution in [0.5, 0.6) is 0 Å². The zero-order valence-corrected chi connectivity index (χ0v) is 13.8. The number of rotatable bonds is 3. The Balaban J connectivity index is 1.76. The molecule has 0 unspecified atom stereocenters. The van der Waals surface area contributed by atoms with Gasteiger partial charge in [-0.3, -0.25) is 9.69 Å². The molecular weight excluding hydrogens is 316 g/mol. The molecule has 1 fully saturated rings. The standard InChI is InChI=1S/C15H20N4O3S/c1-11-2-3-14-13(8-11)15(20)9-12(17-14)10-18-4-6-19(7-5-18)23(16,21)22/h2-3,8-9H,4-7,10H2,1H3,(H,17,20)(H2,16,21,22). The molecule has 2 aromatic rings. The van der Waals surface area contributed by atoms with E-state index in [4.69, 9.17) is 5.14 Å². The predicted molar refractivity (Wildman–Crippen MR) is 89.3 cm³/mol. The second-order valence-corrected chi connectivity index (χ2v) is 7.47. The van der Waals surface area contributed by atoms with Gasteiger partial charge in [0.15, 0.2) is 5.43 Å². The molecule has 124 valence electrons. The number of aromatic amines is 1. The molecule has 1 saturated heterocycles. The quantitative estimate of drug-likeness (QED) is 0.834. The molecule has 23 heavy (non-hydrogen) atoms. The fourth-order valence-electron chi connectivity index (χ4n) is 2.88. The number of benzene rings is 1. The van der Waals surface area contributed by atoms with Gasteiger partial charge in [-0.05, 0) is 19.1 Å². The van der Waals surface area contributed by atoms with Crippen molar-refractivity contribution < 1.29 is 8.42 Å². The first-order valence-corrected chi connectivity index (χ1v) is 8.96. The molecular formula is C15H20N4O3S. The van der Waals surface area contributed by atoms with Crippen LogP contribution in [0.1, 0.15) is 11.3 Å². The SMILES string of the molecule is Cc1ccc2[nH]c(CN3CCN(S(N)(=O)=O)CC3)cc(=O)c2c1. The van der Waals surface area contributed by atoms with Crippen molar-refractivity contribution in [3.63, 3.8) is 0 Å². The van der Waals surface area contributed by atoms with Crippen LogP contribution in [0.25, 0.3) is 10.9 Å². The van der Waals surface area contributed by atoms with Gasteiger partial charge in [0, 0.05) is 55.4 Å². The van der Waals surface area contributed by atoms with Gasteiger partial charge in [-0.2, -0.15) is 12.7 Å². The second-order valence-electron chi connectivity index (χ2n) is 5.93. The smallest absolute Gasteiger partial charge is 0.276 e. The van der Waals surface area contributed by atoms with Gasteiger partial charge in [0.1, 0.15) is 0 Å². The summed E-state index contributed by atoms with van der Waals surface area (Å²) in [5, 5.41) is 5.82. The molecule has 0 saturated carbocycles. The molecule has 1 aliphatic heterocycles. The van der Waals surface area contributed by atoms with Crippen LogP contribution in [0, 0.1) is 6.92 Å². The van der Waals surface area contributed by atoms with E-state index >= 15 is 0 Å². The summed E-state index contributed by atoms with van der Waals surface area (Å²) in [6, 6.07) is 7.37. The zero-order chi connectivity index (χ0) is 16.6. The number of H-pyrrole nitrogens is 1. The van der Waals surface area contributed by atoms with Gasteiger partial charge in [-0.1, -0.05) is 11.6 Å². The number of nitrogens with one attached hydrogen (secondary N) is 1. The first-order valence-electron chi connectivity index (χ1n) is 7.46. The van der Waals surface area contributed by atoms with Crippen molar-refractivity contribution in [2.24, 2.45) is 5.14 Å². The highest BCUT2D eigenvalue weighted by molar-refractivity contribution is 7.86. The Morgan fingerprint density at radius 1 is 1.17 bits per heavy atom. The second kappa shape index (κ2) is 6.04. The molecule has 0 amide bonds. The normalized spacial score (nSPS) is 17.7. The van der Waals surface area contributed by atoms with E-state index in [0.717, 1.165) is 16.8 Å². The Labute approximate surface area is 134 Å². The highest BCUT2D eigenvalue weighted by atomic mass is 32.2. The summed E-state index contributed by atoms with van der Waals surface area (Å²) in [5.74, 6) is 0. The Kier molecular flexibility index (Phi) is 4.24. The number of hydrogen-bond acceptors (Lipinski definition) is 4. The summed E-state index contributed by atoms with van der Waals surface area (Å²) < 4.78 is 23.9. The van der Waals surface area contributed by atoms with E-state index in [1.807, 2.05) is 25.1 Å². The van der Waals surface area contributed by atoms with Crippen molar-refractivity contribution >= 4 is 21.1 Å². The van der Waals surface area contributed by atoms with Gasteiger partial charge < -0.3 is 4.98 Å². The van der Waals surface area contributed by atoms with Crippen LogP contribution < -0.4 is 10.6 Å². The molecule has 3 N–H and O–H groups in total. The lowest BCUT2D eigenvalue weighted by atomic mass is 10.1. The van der Waals surface area contributed by atoms with Crippen LogP contribution in [-0.2, 0) is 16.8 Å². The number of fused-ring (bicyclic) bond motifs is 1. The maximum atomic E-state index is 12.2. The third-order valence-electron chi connectivity index (χ3n) is 4.13. The fraction of sp³-hybridized carbons (Fsp3) is 0.400. The number of aromatic nitrogens is 1. The van der Waals surface area contributed by atoms with E-state index in [-0.39, 0.29) is 5.43 Å². The zero-order valence-electron chi connectivity index (χ0n) is 12.9. The Morgan fingerprint density at radius 2 is 1.87 bits per heavy atom. The largest absolute Gasteiger partial charge is 0.357 e. The van der Waals surface area contributed by atoms with E-state index in [1.54, 1.807) is 6.07 Å². The maximum Gasteiger partial charge on any atom is 0.276 e. The molecule has 1 aliphatic rings. The van der Waals surface area contributed by atoms with E-state index in [1.165, 1.54) is 4.31 Å². The third kappa shape index (κ3) is 3.61. The summed E-state index contributed by atoms with van der Waals surface area (Å²) >= 11 is 0. The van der Waals surface area contributed by atoms with Crippen molar-refractivity contribution in [1.29, 1.82) is 0 Å². The molecule has 1 aromatic carbocycles. The minimum Gasteiger partial charge on any atom is -0.357 e. The lowest BCUT2D eigenvalue weighted by molar-refractivity contribution is 0.180. The van der Waals surface area contributed by atoms with Crippen LogP contribution in [0.2, 0.25) is 0 Å². The first-order chi connectivity index (χ1) is 10.8. The van der Waals surface area contributed by atoms with E-state index in [9.17, 15) is 13.2 Å². The molecule has 7 nitrogen and oxygen atoms in total. The molecule has 0 radical (unpaired) electrons. The lowest BCUT2D eigenvalue weighted by Gasteiger charge is -2.32. The summed E-state index contributed by atoms with van der Waals surface area (Å²) in [5.41, 5.74) is 2.70. The Morgan fingerprint density at radius 3 is 2.52 bits per heavy atom. The summed E-state index contributed by atoms with van der Waals surface area (Å²) in [6.07, 6.45) is 0. The maximum absolute atomic E-state index is 12.2. The van der Waals surface area contributed by atoms with Gasteiger partial charge in [0.25, 0.3) is 10.2 Å². The van der Waals surface area contributed by atoms with Crippen molar-refractivity contribution in [2.45, 2.75) is 13.5 Å². The minimum absolute atomic E-state index is 0.000576. The summed E-state index contributed by atoms with van der Waals surface area (Å²) in [6.45, 7) is 4.45. The number of aryl methyl sites for hydroxylation is 1. The Bertz CT molecular complexity index is 883. The fourth-order valence-corrected chi connectivity index (χ4v) is 3.56. The van der Waals surface area contributed by atoms with E-state index < -0.39 is 10.2 Å². The van der Waals surface area contributed by atoms with Gasteiger partial charge in [-0.25, -0.2) is 5.14 Å². The number of nitrogens with zero attached hydrogens (tertiary/aromatic N) is 2. The van der Waals surface area contributed by atoms with Crippen molar-refractivity contribution in [1.82, 2.24) is 14.2 Å². The number of piperazine rings is 1. The summed E-state index contributed by atoms with van der Waals surface area (Å²) in [7, 11) is -3.61. The van der Waals surface area contributed by atoms with Crippen molar-refractivity contribution in [2.75, 3.05) is 26.2 Å². The number of pyridine rings is 1. The van der Waals surface area contributed by atoms with Gasteiger partial charge >= 0.3 is 0 Å². The topological polar surface area (TPSA) is 99.5 Å². The first kappa shape index (κ1) is 16.1. The highest BCUT2D eigenvalue weighted by Gasteiger charge is 2.23. The van der Waals surface area contributed by atoms with E-state index in [0.29, 0.717) is 38.1 Å². The molecule has 2 heterocycles. The molecule has 0 bridgehead atoms. The van der Waals surface area contributed by atoms with Crippen LogP contribution >= 0.6 is 0 Å². The molecule has 1 aromatic heterocycles. The number of hydrogen-bond donors (Lipinski definition) is 2. The van der Waals surface area contributed by atoms with Gasteiger partial charge in [-0.15, -0.1) is 0 Å². The summed E-state index contributed by atoms with van der Waals surface area (Å²) in [4.78, 5) is 17.6. The van der Waals surface area contributed by atoms with Crippen LogP contribution in [-0.4, -0.2) is 48.8 Å². The van der Waals surface area contributed by atoms with Crippen LogP contribution in [0.3, 0.4) is 0 Å². The van der Waals surface area contributed by atoms with Crippen molar-refractivity contribution in [3.05, 3.63) is 45.7 Å².